The average Bonchev–Trinajstić information content (AvgIpc) is 2.93. The van der Waals surface area contributed by atoms with Crippen molar-refractivity contribution in [1.29, 1.82) is 0 Å². The van der Waals surface area contributed by atoms with E-state index in [9.17, 15) is 0 Å². The summed E-state index contributed by atoms with van der Waals surface area (Å²) >= 11 is 0. The van der Waals surface area contributed by atoms with Crippen LogP contribution in [0.25, 0.3) is 0 Å². The van der Waals surface area contributed by atoms with Crippen LogP contribution in [-0.2, 0) is 6.42 Å². The first-order valence-electron chi connectivity index (χ1n) is 8.39. The molecule has 122 valence electrons. The Labute approximate surface area is 151 Å². The molecule has 1 saturated carbocycles. The van der Waals surface area contributed by atoms with Crippen LogP contribution in [0.1, 0.15) is 38.2 Å². The van der Waals surface area contributed by atoms with Gasteiger partial charge in [-0.05, 0) is 43.6 Å². The van der Waals surface area contributed by atoms with E-state index in [1.54, 1.807) is 0 Å². The standard InChI is InChI=1S/C18H27N3.HI/c1-2-19-17(20-13-9-16-7-4-3-5-8-16)21-14-12-18(15-21)10-6-11-18;/h3-5,7-8H,2,6,9-15H2,1H3,(H,19,20);1H. The topological polar surface area (TPSA) is 27.6 Å². The quantitative estimate of drug-likeness (QED) is 0.463. The second-order valence-corrected chi connectivity index (χ2v) is 6.50. The number of nitrogens with zero attached hydrogens (tertiary/aromatic N) is 2. The maximum atomic E-state index is 4.85. The summed E-state index contributed by atoms with van der Waals surface area (Å²) in [6.07, 6.45) is 6.65. The highest BCUT2D eigenvalue weighted by molar-refractivity contribution is 14.0. The zero-order chi connectivity index (χ0) is 14.5. The highest BCUT2D eigenvalue weighted by Gasteiger charge is 2.43. The number of guanidine groups is 1. The molecule has 1 saturated heterocycles. The third-order valence-electron chi connectivity index (χ3n) is 4.99. The molecular formula is C18H28IN3. The van der Waals surface area contributed by atoms with E-state index < -0.39 is 0 Å². The van der Waals surface area contributed by atoms with E-state index in [1.807, 2.05) is 0 Å². The van der Waals surface area contributed by atoms with Crippen LogP contribution in [0, 0.1) is 5.41 Å². The summed E-state index contributed by atoms with van der Waals surface area (Å²) in [5.41, 5.74) is 2.00. The van der Waals surface area contributed by atoms with E-state index >= 15 is 0 Å². The molecule has 3 rings (SSSR count). The van der Waals surface area contributed by atoms with Gasteiger partial charge in [0.05, 0.1) is 0 Å². The smallest absolute Gasteiger partial charge is 0.193 e. The van der Waals surface area contributed by atoms with E-state index in [-0.39, 0.29) is 24.0 Å². The molecule has 0 atom stereocenters. The van der Waals surface area contributed by atoms with E-state index in [4.69, 9.17) is 4.99 Å². The predicted molar refractivity (Wildman–Crippen MR) is 104 cm³/mol. The van der Waals surface area contributed by atoms with Crippen molar-refractivity contribution in [3.05, 3.63) is 35.9 Å². The Morgan fingerprint density at radius 1 is 1.23 bits per heavy atom. The van der Waals surface area contributed by atoms with Crippen LogP contribution in [0.4, 0.5) is 0 Å². The molecule has 0 aromatic heterocycles. The molecule has 1 N–H and O–H groups in total. The normalized spacial score (nSPS) is 19.7. The van der Waals surface area contributed by atoms with Crippen LogP contribution >= 0.6 is 24.0 Å². The molecule has 0 amide bonds. The van der Waals surface area contributed by atoms with Crippen molar-refractivity contribution >= 4 is 29.9 Å². The fourth-order valence-electron chi connectivity index (χ4n) is 3.56. The molecule has 0 radical (unpaired) electrons. The van der Waals surface area contributed by atoms with E-state index in [1.165, 1.54) is 44.3 Å². The number of hydrogen-bond acceptors (Lipinski definition) is 1. The molecule has 1 spiro atoms. The maximum absolute atomic E-state index is 4.85. The maximum Gasteiger partial charge on any atom is 0.193 e. The first kappa shape index (κ1) is 17.6. The first-order valence-corrected chi connectivity index (χ1v) is 8.39. The average molecular weight is 413 g/mol. The van der Waals surface area contributed by atoms with Gasteiger partial charge < -0.3 is 10.2 Å². The summed E-state index contributed by atoms with van der Waals surface area (Å²) in [5, 5.41) is 3.47. The number of benzene rings is 1. The predicted octanol–water partition coefficient (Wildman–Crippen LogP) is 3.69. The summed E-state index contributed by atoms with van der Waals surface area (Å²) in [5.74, 6) is 1.12. The van der Waals surface area contributed by atoms with Crippen molar-refractivity contribution in [3.8, 4) is 0 Å². The zero-order valence-corrected chi connectivity index (χ0v) is 15.9. The Morgan fingerprint density at radius 2 is 2.00 bits per heavy atom. The van der Waals surface area contributed by atoms with Crippen molar-refractivity contribution in [2.24, 2.45) is 10.4 Å². The van der Waals surface area contributed by atoms with Gasteiger partial charge in [0.15, 0.2) is 5.96 Å². The van der Waals surface area contributed by atoms with Crippen LogP contribution < -0.4 is 5.32 Å². The van der Waals surface area contributed by atoms with Crippen LogP contribution in [0.15, 0.2) is 35.3 Å². The molecule has 2 aliphatic rings. The van der Waals surface area contributed by atoms with Crippen LogP contribution in [-0.4, -0.2) is 37.0 Å². The highest BCUT2D eigenvalue weighted by atomic mass is 127. The number of halogens is 1. The Kier molecular flexibility index (Phi) is 6.53. The minimum atomic E-state index is 0. The highest BCUT2D eigenvalue weighted by Crippen LogP contribution is 2.47. The van der Waals surface area contributed by atoms with Gasteiger partial charge in [0.1, 0.15) is 0 Å². The molecule has 0 bridgehead atoms. The van der Waals surface area contributed by atoms with Gasteiger partial charge in [-0.25, -0.2) is 0 Å². The Hall–Kier alpha value is -0.780. The lowest BCUT2D eigenvalue weighted by Gasteiger charge is -2.38. The lowest BCUT2D eigenvalue weighted by molar-refractivity contribution is 0.151. The molecule has 1 aromatic rings. The van der Waals surface area contributed by atoms with Gasteiger partial charge >= 0.3 is 0 Å². The lowest BCUT2D eigenvalue weighted by atomic mass is 9.68. The van der Waals surface area contributed by atoms with E-state index in [0.29, 0.717) is 5.41 Å². The van der Waals surface area contributed by atoms with E-state index in [2.05, 4.69) is 47.5 Å². The molecule has 1 aromatic carbocycles. The molecule has 1 aliphatic carbocycles. The lowest BCUT2D eigenvalue weighted by Crippen LogP contribution is -2.42. The molecule has 4 heteroatoms. The minimum Gasteiger partial charge on any atom is -0.357 e. The van der Waals surface area contributed by atoms with Crippen molar-refractivity contribution < 1.29 is 0 Å². The second kappa shape index (κ2) is 8.18. The van der Waals surface area contributed by atoms with Crippen LogP contribution in [0.5, 0.6) is 0 Å². The zero-order valence-electron chi connectivity index (χ0n) is 13.6. The molecule has 0 unspecified atom stereocenters. The van der Waals surface area contributed by atoms with Gasteiger partial charge in [-0.3, -0.25) is 4.99 Å². The third kappa shape index (κ3) is 4.15. The van der Waals surface area contributed by atoms with Gasteiger partial charge in [-0.1, -0.05) is 36.8 Å². The van der Waals surface area contributed by atoms with Gasteiger partial charge in [0, 0.05) is 26.2 Å². The fraction of sp³-hybridized carbons (Fsp3) is 0.611. The van der Waals surface area contributed by atoms with Crippen molar-refractivity contribution in [1.82, 2.24) is 10.2 Å². The number of rotatable bonds is 4. The number of hydrogen-bond donors (Lipinski definition) is 1. The Bertz CT molecular complexity index is 482. The molecule has 22 heavy (non-hydrogen) atoms. The SMILES string of the molecule is CCNC(=NCCc1ccccc1)N1CCC2(CCC2)C1.I. The van der Waals surface area contributed by atoms with E-state index in [0.717, 1.165) is 25.5 Å². The molecular weight excluding hydrogens is 385 g/mol. The number of likely N-dealkylation sites (tertiary alicyclic amines) is 1. The van der Waals surface area contributed by atoms with Crippen molar-refractivity contribution in [3.63, 3.8) is 0 Å². The Balaban J connectivity index is 0.00000176. The summed E-state index contributed by atoms with van der Waals surface area (Å²) in [6.45, 7) is 6.37. The second-order valence-electron chi connectivity index (χ2n) is 6.50. The Morgan fingerprint density at radius 3 is 2.59 bits per heavy atom. The van der Waals surface area contributed by atoms with Crippen molar-refractivity contribution in [2.45, 2.75) is 39.0 Å². The molecule has 3 nitrogen and oxygen atoms in total. The van der Waals surface area contributed by atoms with Gasteiger partial charge in [0.2, 0.25) is 0 Å². The summed E-state index contributed by atoms with van der Waals surface area (Å²) in [4.78, 5) is 7.33. The van der Waals surface area contributed by atoms with Gasteiger partial charge in [-0.15, -0.1) is 24.0 Å². The number of nitrogens with one attached hydrogen (secondary N) is 1. The van der Waals surface area contributed by atoms with Gasteiger partial charge in [0.25, 0.3) is 0 Å². The van der Waals surface area contributed by atoms with Crippen LogP contribution in [0.2, 0.25) is 0 Å². The fourth-order valence-corrected chi connectivity index (χ4v) is 3.56. The third-order valence-corrected chi connectivity index (χ3v) is 4.99. The largest absolute Gasteiger partial charge is 0.357 e. The number of aliphatic imine (C=N–C) groups is 1. The summed E-state index contributed by atoms with van der Waals surface area (Å²) in [6, 6.07) is 10.6. The first-order chi connectivity index (χ1) is 10.3. The van der Waals surface area contributed by atoms with Crippen molar-refractivity contribution in [2.75, 3.05) is 26.2 Å². The monoisotopic (exact) mass is 413 g/mol. The summed E-state index contributed by atoms with van der Waals surface area (Å²) in [7, 11) is 0. The minimum absolute atomic E-state index is 0. The molecule has 2 fully saturated rings. The van der Waals surface area contributed by atoms with Gasteiger partial charge in [-0.2, -0.15) is 0 Å². The van der Waals surface area contributed by atoms with Crippen LogP contribution in [0.3, 0.4) is 0 Å². The summed E-state index contributed by atoms with van der Waals surface area (Å²) < 4.78 is 0. The molecule has 1 aliphatic heterocycles. The molecule has 1 heterocycles.